The van der Waals surface area contributed by atoms with E-state index in [9.17, 15) is 0 Å². The molecule has 0 spiro atoms. The Kier molecular flexibility index (Phi) is 10.4. The third-order valence-corrected chi connectivity index (χ3v) is 13.4. The van der Waals surface area contributed by atoms with Crippen molar-refractivity contribution >= 4 is 32.8 Å². The van der Waals surface area contributed by atoms with Gasteiger partial charge in [-0.1, -0.05) is 194 Å². The molecule has 5 heteroatoms. The molecule has 0 amide bonds. The fraction of sp³-hybridized carbons (Fsp3) is 0. The largest absolute Gasteiger partial charge is 0.457 e. The van der Waals surface area contributed by atoms with Crippen LogP contribution >= 0.6 is 0 Å². The van der Waals surface area contributed by atoms with Crippen LogP contribution < -0.4 is 9.30 Å². The lowest BCUT2D eigenvalue weighted by atomic mass is 9.92. The molecule has 3 aromatic heterocycles. The first-order chi connectivity index (χ1) is 35.2. The van der Waals surface area contributed by atoms with Crippen molar-refractivity contribution in [2.45, 2.75) is 0 Å². The highest BCUT2D eigenvalue weighted by Crippen LogP contribution is 2.44. The zero-order chi connectivity index (χ0) is 47.1. The maximum Gasteiger partial charge on any atom is 0.269 e. The van der Waals surface area contributed by atoms with Crippen molar-refractivity contribution in [3.05, 3.63) is 273 Å². The van der Waals surface area contributed by atoms with Gasteiger partial charge in [0.25, 0.3) is 6.33 Å². The van der Waals surface area contributed by atoms with Gasteiger partial charge in [0.05, 0.1) is 33.4 Å². The molecule has 334 valence electrons. The summed E-state index contributed by atoms with van der Waals surface area (Å²) >= 11 is 0. The summed E-state index contributed by atoms with van der Waals surface area (Å²) in [5.41, 5.74) is 17.1. The quantitative estimate of drug-likeness (QED) is 0.101. The first-order valence-electron chi connectivity index (χ1n) is 23.9. The van der Waals surface area contributed by atoms with Crippen LogP contribution in [0.2, 0.25) is 0 Å². The Balaban J connectivity index is 1.01. The van der Waals surface area contributed by atoms with Crippen LogP contribution in [0.4, 0.5) is 0 Å². The molecule has 13 aromatic rings. The number of hydrogen-bond acceptors (Lipinski definition) is 2. The topological polar surface area (TPSA) is 35.9 Å². The van der Waals surface area contributed by atoms with Gasteiger partial charge >= 0.3 is 0 Å². The number of hydrogen-bond donors (Lipinski definition) is 0. The summed E-state index contributed by atoms with van der Waals surface area (Å²) in [4.78, 5) is 4.86. The highest BCUT2D eigenvalue weighted by Gasteiger charge is 2.22. The Morgan fingerprint density at radius 2 is 0.944 bits per heavy atom. The van der Waals surface area contributed by atoms with Crippen molar-refractivity contribution in [2.24, 2.45) is 0 Å². The van der Waals surface area contributed by atoms with Crippen molar-refractivity contribution in [3.63, 3.8) is 0 Å². The van der Waals surface area contributed by atoms with Gasteiger partial charge in [-0.25, -0.2) is 4.98 Å². The van der Waals surface area contributed by atoms with Crippen molar-refractivity contribution < 1.29 is 9.30 Å². The lowest BCUT2D eigenvalue weighted by Gasteiger charge is -2.17. The summed E-state index contributed by atoms with van der Waals surface area (Å²) in [6.45, 7) is 0. The van der Waals surface area contributed by atoms with Gasteiger partial charge in [0.2, 0.25) is 0 Å². The van der Waals surface area contributed by atoms with E-state index in [0.29, 0.717) is 5.75 Å². The maximum absolute atomic E-state index is 7.30. The van der Waals surface area contributed by atoms with Gasteiger partial charge in [-0.2, -0.15) is 0 Å². The minimum Gasteiger partial charge on any atom is -0.457 e. The molecule has 0 aliphatic heterocycles. The average Bonchev–Trinajstić information content (AvgIpc) is 3.99. The SMILES string of the molecule is [c-]1n(-c2cccc(Oc3cc4c(cc3-c3cc(-c5ccccc5)cc(-c5ccccc5)c3)c3ccccc3n4-c3ccccn3)c2)c2ccccc2[n+]1-c1c(-c2ccccc2)cccc1-c1ccccc1. The highest BCUT2D eigenvalue weighted by atomic mass is 16.5. The number of nitrogens with zero attached hydrogens (tertiary/aromatic N) is 4. The highest BCUT2D eigenvalue weighted by molar-refractivity contribution is 6.11. The summed E-state index contributed by atoms with van der Waals surface area (Å²) in [6, 6.07) is 91.9. The van der Waals surface area contributed by atoms with Crippen LogP contribution in [0.5, 0.6) is 11.5 Å². The zero-order valence-electron chi connectivity index (χ0n) is 38.6. The maximum atomic E-state index is 7.30. The second-order valence-corrected chi connectivity index (χ2v) is 17.7. The fourth-order valence-electron chi connectivity index (χ4n) is 10.1. The smallest absolute Gasteiger partial charge is 0.269 e. The van der Waals surface area contributed by atoms with Crippen molar-refractivity contribution in [3.8, 4) is 84.3 Å². The Morgan fingerprint density at radius 3 is 1.59 bits per heavy atom. The normalized spacial score (nSPS) is 11.4. The van der Waals surface area contributed by atoms with Crippen molar-refractivity contribution in [2.75, 3.05) is 0 Å². The van der Waals surface area contributed by atoms with Crippen LogP contribution in [0.15, 0.2) is 267 Å². The molecule has 0 fully saturated rings. The van der Waals surface area contributed by atoms with Crippen LogP contribution in [0.1, 0.15) is 0 Å². The molecule has 0 atom stereocenters. The summed E-state index contributed by atoms with van der Waals surface area (Å²) in [7, 11) is 0. The molecule has 13 rings (SSSR count). The van der Waals surface area contributed by atoms with Gasteiger partial charge < -0.3 is 4.74 Å². The number of rotatable bonds is 10. The van der Waals surface area contributed by atoms with Crippen molar-refractivity contribution in [1.82, 2.24) is 14.1 Å². The number of fused-ring (bicyclic) bond motifs is 4. The van der Waals surface area contributed by atoms with Crippen LogP contribution in [0.25, 0.3) is 106 Å². The van der Waals surface area contributed by atoms with Crippen LogP contribution in [0.3, 0.4) is 0 Å². The standard InChI is InChI=1S/C66H44N4O/c1-5-21-46(22-6-1)50-39-51(47-23-7-2-8-24-47)41-52(40-50)58-43-59-57-31-13-14-34-60(57)70(65-37-17-18-38-67-65)63(59)44-64(58)71-54-30-19-29-53(42-54)68-45-69(62-36-16-15-35-61(62)68)66-55(48-25-9-3-10-26-48)32-20-33-56(66)49-27-11-4-12-28-49/h1-44H. The molecule has 0 saturated heterocycles. The lowest BCUT2D eigenvalue weighted by Crippen LogP contribution is -2.31. The first kappa shape index (κ1) is 41.6. The summed E-state index contributed by atoms with van der Waals surface area (Å²) < 4.78 is 13.9. The Morgan fingerprint density at radius 1 is 0.380 bits per heavy atom. The number of ether oxygens (including phenoxy) is 1. The molecule has 0 aliphatic carbocycles. The molecular weight excluding hydrogens is 865 g/mol. The van der Waals surface area contributed by atoms with E-state index >= 15 is 0 Å². The minimum atomic E-state index is 0.693. The molecule has 3 heterocycles. The summed E-state index contributed by atoms with van der Waals surface area (Å²) in [5, 5.41) is 2.25. The number of imidazole rings is 1. The first-order valence-corrected chi connectivity index (χ1v) is 23.9. The van der Waals surface area contributed by atoms with Crippen LogP contribution in [-0.2, 0) is 0 Å². The second kappa shape index (κ2) is 17.8. The van der Waals surface area contributed by atoms with E-state index in [0.717, 1.165) is 111 Å². The lowest BCUT2D eigenvalue weighted by molar-refractivity contribution is -0.571. The van der Waals surface area contributed by atoms with E-state index in [-0.39, 0.29) is 0 Å². The third-order valence-electron chi connectivity index (χ3n) is 13.4. The molecule has 10 aromatic carbocycles. The molecule has 71 heavy (non-hydrogen) atoms. The number of para-hydroxylation sites is 4. The minimum absolute atomic E-state index is 0.693. The van der Waals surface area contributed by atoms with Gasteiger partial charge in [-0.3, -0.25) is 13.7 Å². The zero-order valence-corrected chi connectivity index (χ0v) is 38.6. The Hall–Kier alpha value is -9.58. The van der Waals surface area contributed by atoms with Gasteiger partial charge in [0, 0.05) is 28.6 Å². The predicted molar refractivity (Wildman–Crippen MR) is 289 cm³/mol. The van der Waals surface area contributed by atoms with Crippen LogP contribution in [-0.4, -0.2) is 14.1 Å². The summed E-state index contributed by atoms with van der Waals surface area (Å²) in [5.74, 6) is 2.25. The van der Waals surface area contributed by atoms with Gasteiger partial charge in [-0.15, -0.1) is 0 Å². The van der Waals surface area contributed by atoms with E-state index in [1.54, 1.807) is 0 Å². The van der Waals surface area contributed by atoms with Gasteiger partial charge in [-0.05, 0) is 111 Å². The monoisotopic (exact) mass is 908 g/mol. The molecule has 0 bridgehead atoms. The van der Waals surface area contributed by atoms with E-state index in [4.69, 9.17) is 9.72 Å². The van der Waals surface area contributed by atoms with Crippen LogP contribution in [0, 0.1) is 6.33 Å². The molecule has 5 nitrogen and oxygen atoms in total. The Bertz CT molecular complexity index is 3940. The molecule has 0 aliphatic rings. The average molecular weight is 909 g/mol. The molecule has 0 N–H and O–H groups in total. The van der Waals surface area contributed by atoms with E-state index in [2.05, 4.69) is 263 Å². The molecular formula is C66H44N4O. The van der Waals surface area contributed by atoms with Gasteiger partial charge in [0.1, 0.15) is 17.3 Å². The van der Waals surface area contributed by atoms with Crippen molar-refractivity contribution in [1.29, 1.82) is 0 Å². The number of pyridine rings is 1. The Labute approximate surface area is 412 Å². The van der Waals surface area contributed by atoms with E-state index in [1.807, 2.05) is 24.4 Å². The summed E-state index contributed by atoms with van der Waals surface area (Å²) in [6.07, 6.45) is 5.70. The molecule has 0 saturated carbocycles. The predicted octanol–water partition coefficient (Wildman–Crippen LogP) is 16.3. The number of benzene rings is 10. The number of aromatic nitrogens is 4. The fourth-order valence-corrected chi connectivity index (χ4v) is 10.1. The van der Waals surface area contributed by atoms with E-state index < -0.39 is 0 Å². The third kappa shape index (κ3) is 7.63. The molecule has 0 unspecified atom stereocenters. The second-order valence-electron chi connectivity index (χ2n) is 17.7. The van der Waals surface area contributed by atoms with E-state index in [1.165, 1.54) is 0 Å². The molecule has 0 radical (unpaired) electrons. The van der Waals surface area contributed by atoms with Gasteiger partial charge in [0.15, 0.2) is 0 Å².